The first-order chi connectivity index (χ1) is 14.8. The number of fused-ring (bicyclic) bond motifs is 3. The molecule has 0 unspecified atom stereocenters. The van der Waals surface area contributed by atoms with E-state index in [4.69, 9.17) is 20.9 Å². The van der Waals surface area contributed by atoms with Gasteiger partial charge in [0.1, 0.15) is 22.8 Å². The summed E-state index contributed by atoms with van der Waals surface area (Å²) in [6.45, 7) is 3.93. The number of aliphatic imine (C=N–C) groups is 1. The second kappa shape index (κ2) is 7.88. The summed E-state index contributed by atoms with van der Waals surface area (Å²) in [6, 6.07) is 3.47. The molecule has 8 nitrogen and oxygen atoms in total. The number of nitrogen functional groups attached to an aromatic ring is 1. The number of ether oxygens (including phenoxy) is 1. The van der Waals surface area contributed by atoms with E-state index in [1.807, 2.05) is 13.8 Å². The molecule has 0 amide bonds. The number of carboxylic acid groups (broad SMARTS) is 1. The number of rotatable bonds is 5. The standard InChI is InChI=1S/C22H27N5O3S/c1-4-22(21(28)29)6-5-13-17(9-22)31-20-18(13)19(25-11(2)26-20)27-15-7-12(10-23)14(24)8-16(15)30-3/h7-8,10-11,23,26H,4-6,9,24H2,1-3H3,(H,25,27)(H,28,29)/t11-,22-/m0/s1. The van der Waals surface area contributed by atoms with Crippen LogP contribution in [0.1, 0.15) is 48.3 Å². The van der Waals surface area contributed by atoms with Crippen molar-refractivity contribution in [3.8, 4) is 5.75 Å². The highest BCUT2D eigenvalue weighted by Gasteiger charge is 2.42. The SMILES string of the molecule is CC[C@]1(C(=O)O)CCc2c(sc3c2C(Nc2cc(C=N)c(N)cc2OC)=N[C@H](C)N3)C1. The molecule has 164 valence electrons. The van der Waals surface area contributed by atoms with E-state index < -0.39 is 11.4 Å². The van der Waals surface area contributed by atoms with Crippen molar-refractivity contribution >= 4 is 45.7 Å². The number of carboxylic acids is 1. The zero-order chi connectivity index (χ0) is 22.3. The number of thiophene rings is 1. The smallest absolute Gasteiger partial charge is 0.309 e. The Morgan fingerprint density at radius 3 is 2.97 bits per heavy atom. The van der Waals surface area contributed by atoms with Crippen LogP contribution in [0.5, 0.6) is 5.75 Å². The number of nitrogens with zero attached hydrogens (tertiary/aromatic N) is 1. The van der Waals surface area contributed by atoms with Crippen LogP contribution < -0.4 is 21.1 Å². The molecule has 1 aromatic carbocycles. The Balaban J connectivity index is 1.75. The van der Waals surface area contributed by atoms with E-state index in [2.05, 4.69) is 10.6 Å². The van der Waals surface area contributed by atoms with E-state index in [0.29, 0.717) is 48.4 Å². The number of aliphatic carboxylic acids is 1. The third kappa shape index (κ3) is 3.52. The van der Waals surface area contributed by atoms with Gasteiger partial charge in [0.15, 0.2) is 0 Å². The van der Waals surface area contributed by atoms with Crippen LogP contribution in [0.15, 0.2) is 17.1 Å². The highest BCUT2D eigenvalue weighted by atomic mass is 32.1. The molecule has 2 atom stereocenters. The monoisotopic (exact) mass is 441 g/mol. The Hall–Kier alpha value is -3.07. The number of anilines is 3. The van der Waals surface area contributed by atoms with Crippen LogP contribution in [0.3, 0.4) is 0 Å². The molecule has 0 bridgehead atoms. The molecule has 1 aromatic heterocycles. The minimum Gasteiger partial charge on any atom is -0.494 e. The molecule has 1 aliphatic heterocycles. The van der Waals surface area contributed by atoms with Crippen LogP contribution in [0.2, 0.25) is 0 Å². The zero-order valence-electron chi connectivity index (χ0n) is 17.8. The number of carbonyl (C=O) groups is 1. The predicted octanol–water partition coefficient (Wildman–Crippen LogP) is 3.94. The number of benzene rings is 1. The summed E-state index contributed by atoms with van der Waals surface area (Å²) in [4.78, 5) is 17.9. The van der Waals surface area contributed by atoms with Crippen LogP contribution >= 0.6 is 11.3 Å². The molecular formula is C22H27N5O3S. The molecule has 1 aliphatic carbocycles. The van der Waals surface area contributed by atoms with E-state index in [1.165, 1.54) is 6.21 Å². The van der Waals surface area contributed by atoms with Gasteiger partial charge in [-0.05, 0) is 44.2 Å². The summed E-state index contributed by atoms with van der Waals surface area (Å²) < 4.78 is 5.49. The molecule has 2 aliphatic rings. The van der Waals surface area contributed by atoms with E-state index in [0.717, 1.165) is 26.8 Å². The summed E-state index contributed by atoms with van der Waals surface area (Å²) in [6.07, 6.45) is 3.54. The van der Waals surface area contributed by atoms with Crippen molar-refractivity contribution in [1.29, 1.82) is 5.41 Å². The summed E-state index contributed by atoms with van der Waals surface area (Å²) >= 11 is 1.63. The van der Waals surface area contributed by atoms with Crippen LogP contribution in [-0.4, -0.2) is 36.4 Å². The van der Waals surface area contributed by atoms with Gasteiger partial charge in [-0.25, -0.2) is 4.99 Å². The normalized spacial score (nSPS) is 21.9. The molecular weight excluding hydrogens is 414 g/mol. The lowest BCUT2D eigenvalue weighted by Crippen LogP contribution is -2.36. The van der Waals surface area contributed by atoms with Crippen molar-refractivity contribution in [2.75, 3.05) is 23.5 Å². The van der Waals surface area contributed by atoms with Gasteiger partial charge >= 0.3 is 5.97 Å². The highest BCUT2D eigenvalue weighted by molar-refractivity contribution is 7.16. The molecule has 2 aromatic rings. The van der Waals surface area contributed by atoms with Crippen molar-refractivity contribution in [1.82, 2.24) is 0 Å². The van der Waals surface area contributed by atoms with Gasteiger partial charge in [0.05, 0.1) is 23.8 Å². The molecule has 0 saturated carbocycles. The van der Waals surface area contributed by atoms with E-state index >= 15 is 0 Å². The van der Waals surface area contributed by atoms with Gasteiger partial charge in [-0.15, -0.1) is 11.3 Å². The minimum absolute atomic E-state index is 0.132. The number of nitrogens with one attached hydrogen (secondary N) is 3. The lowest BCUT2D eigenvalue weighted by Gasteiger charge is -2.32. The lowest BCUT2D eigenvalue weighted by atomic mass is 9.72. The molecule has 31 heavy (non-hydrogen) atoms. The van der Waals surface area contributed by atoms with Gasteiger partial charge in [0.25, 0.3) is 0 Å². The van der Waals surface area contributed by atoms with Gasteiger partial charge in [0.2, 0.25) is 0 Å². The van der Waals surface area contributed by atoms with Gasteiger partial charge in [0, 0.05) is 28.4 Å². The van der Waals surface area contributed by atoms with Gasteiger partial charge < -0.3 is 31.6 Å². The Kier molecular flexibility index (Phi) is 5.38. The maximum Gasteiger partial charge on any atom is 0.309 e. The summed E-state index contributed by atoms with van der Waals surface area (Å²) in [7, 11) is 1.57. The number of nitrogens with two attached hydrogens (primary N) is 1. The quantitative estimate of drug-likeness (QED) is 0.353. The summed E-state index contributed by atoms with van der Waals surface area (Å²) in [5.74, 6) is 0.571. The second-order valence-electron chi connectivity index (χ2n) is 8.07. The van der Waals surface area contributed by atoms with Gasteiger partial charge in [-0.1, -0.05) is 6.92 Å². The van der Waals surface area contributed by atoms with Crippen LogP contribution in [-0.2, 0) is 17.6 Å². The third-order valence-electron chi connectivity index (χ3n) is 6.29. The summed E-state index contributed by atoms with van der Waals surface area (Å²) in [5.41, 5.74) is 9.21. The first kappa shape index (κ1) is 21.2. The Labute approximate surface area is 185 Å². The average Bonchev–Trinajstić information content (AvgIpc) is 3.11. The molecule has 6 N–H and O–H groups in total. The maximum absolute atomic E-state index is 12.0. The van der Waals surface area contributed by atoms with Crippen LogP contribution in [0.25, 0.3) is 0 Å². The minimum atomic E-state index is -0.717. The first-order valence-corrected chi connectivity index (χ1v) is 11.1. The van der Waals surface area contributed by atoms with Gasteiger partial charge in [-0.3, -0.25) is 4.79 Å². The number of hydrogen-bond donors (Lipinski definition) is 5. The largest absolute Gasteiger partial charge is 0.494 e. The van der Waals surface area contributed by atoms with Gasteiger partial charge in [-0.2, -0.15) is 0 Å². The molecule has 2 heterocycles. The Bertz CT molecular complexity index is 1090. The third-order valence-corrected chi connectivity index (χ3v) is 7.45. The van der Waals surface area contributed by atoms with Crippen LogP contribution in [0.4, 0.5) is 16.4 Å². The molecule has 0 saturated heterocycles. The topological polar surface area (TPSA) is 133 Å². The average molecular weight is 442 g/mol. The molecule has 0 fully saturated rings. The summed E-state index contributed by atoms with van der Waals surface area (Å²) in [5, 5.41) is 25.3. The molecule has 9 heteroatoms. The van der Waals surface area contributed by atoms with Crippen molar-refractivity contribution in [2.24, 2.45) is 10.4 Å². The fraction of sp³-hybridized carbons (Fsp3) is 0.409. The number of hydrogen-bond acceptors (Lipinski definition) is 8. The van der Waals surface area contributed by atoms with Crippen molar-refractivity contribution < 1.29 is 14.6 Å². The first-order valence-electron chi connectivity index (χ1n) is 10.3. The predicted molar refractivity (Wildman–Crippen MR) is 125 cm³/mol. The van der Waals surface area contributed by atoms with E-state index in [9.17, 15) is 9.90 Å². The van der Waals surface area contributed by atoms with Crippen LogP contribution in [0, 0.1) is 10.8 Å². The fourth-order valence-electron chi connectivity index (χ4n) is 4.37. The van der Waals surface area contributed by atoms with Crippen molar-refractivity contribution in [3.63, 3.8) is 0 Å². The highest BCUT2D eigenvalue weighted by Crippen LogP contribution is 2.47. The maximum atomic E-state index is 12.0. The van der Waals surface area contributed by atoms with E-state index in [1.54, 1.807) is 30.6 Å². The Morgan fingerprint density at radius 1 is 1.55 bits per heavy atom. The molecule has 0 radical (unpaired) electrons. The number of amidine groups is 1. The molecule has 0 spiro atoms. The Morgan fingerprint density at radius 2 is 2.32 bits per heavy atom. The van der Waals surface area contributed by atoms with Crippen molar-refractivity contribution in [2.45, 2.75) is 45.7 Å². The fourth-order valence-corrected chi connectivity index (χ4v) is 5.85. The number of methoxy groups -OCH3 is 1. The molecule has 4 rings (SSSR count). The van der Waals surface area contributed by atoms with Crippen molar-refractivity contribution in [3.05, 3.63) is 33.7 Å². The second-order valence-corrected chi connectivity index (χ2v) is 9.18. The lowest BCUT2D eigenvalue weighted by molar-refractivity contribution is -0.149. The van der Waals surface area contributed by atoms with E-state index in [-0.39, 0.29) is 6.17 Å². The zero-order valence-corrected chi connectivity index (χ0v) is 18.7.